The monoisotopic (exact) mass is 290 g/mol. The Bertz CT molecular complexity index is 606. The van der Waals surface area contributed by atoms with Crippen molar-refractivity contribution in [3.05, 3.63) is 46.8 Å². The standard InChI is InChI=1S/C13H14N4O4/c1-20-8-7-14-12-11(17(18)19)13(16-9-15-12)21-10-5-3-2-4-6-10/h2-6,9H,7-8H2,1H3,(H,14,15,16). The molecular weight excluding hydrogens is 276 g/mol. The van der Waals surface area contributed by atoms with Gasteiger partial charge >= 0.3 is 11.6 Å². The molecule has 1 heterocycles. The first-order chi connectivity index (χ1) is 10.2. The summed E-state index contributed by atoms with van der Waals surface area (Å²) < 4.78 is 10.3. The van der Waals surface area contributed by atoms with Gasteiger partial charge < -0.3 is 14.8 Å². The Hall–Kier alpha value is -2.74. The molecule has 0 saturated heterocycles. The highest BCUT2D eigenvalue weighted by Gasteiger charge is 2.24. The Labute approximate surface area is 120 Å². The van der Waals surface area contributed by atoms with Crippen molar-refractivity contribution in [2.45, 2.75) is 0 Å². The van der Waals surface area contributed by atoms with E-state index in [0.29, 0.717) is 18.9 Å². The highest BCUT2D eigenvalue weighted by molar-refractivity contribution is 5.61. The van der Waals surface area contributed by atoms with Crippen LogP contribution < -0.4 is 10.1 Å². The molecule has 0 spiro atoms. The third-order valence-corrected chi connectivity index (χ3v) is 2.53. The average Bonchev–Trinajstić information content (AvgIpc) is 2.48. The van der Waals surface area contributed by atoms with Gasteiger partial charge in [-0.2, -0.15) is 4.98 Å². The van der Waals surface area contributed by atoms with E-state index in [1.807, 2.05) is 6.07 Å². The van der Waals surface area contributed by atoms with Crippen LogP contribution in [0.15, 0.2) is 36.7 Å². The van der Waals surface area contributed by atoms with Crippen LogP contribution in [0.1, 0.15) is 0 Å². The van der Waals surface area contributed by atoms with Crippen molar-refractivity contribution in [3.8, 4) is 11.6 Å². The Balaban J connectivity index is 2.28. The van der Waals surface area contributed by atoms with Crippen LogP contribution in [0.3, 0.4) is 0 Å². The summed E-state index contributed by atoms with van der Waals surface area (Å²) >= 11 is 0. The molecule has 8 heteroatoms. The summed E-state index contributed by atoms with van der Waals surface area (Å²) in [7, 11) is 1.54. The zero-order valence-electron chi connectivity index (χ0n) is 11.4. The molecule has 1 N–H and O–H groups in total. The largest absolute Gasteiger partial charge is 0.434 e. The van der Waals surface area contributed by atoms with Gasteiger partial charge in [-0.3, -0.25) is 10.1 Å². The summed E-state index contributed by atoms with van der Waals surface area (Å²) in [6.45, 7) is 0.787. The maximum Gasteiger partial charge on any atom is 0.373 e. The molecule has 0 atom stereocenters. The van der Waals surface area contributed by atoms with Gasteiger partial charge in [0, 0.05) is 13.7 Å². The molecule has 21 heavy (non-hydrogen) atoms. The topological polar surface area (TPSA) is 99.4 Å². The molecule has 0 fully saturated rings. The van der Waals surface area contributed by atoms with Crippen LogP contribution in [0.5, 0.6) is 11.6 Å². The number of aromatic nitrogens is 2. The van der Waals surface area contributed by atoms with Gasteiger partial charge in [-0.05, 0) is 12.1 Å². The van der Waals surface area contributed by atoms with Gasteiger partial charge in [0.2, 0.25) is 5.82 Å². The van der Waals surface area contributed by atoms with E-state index < -0.39 is 4.92 Å². The van der Waals surface area contributed by atoms with E-state index in [2.05, 4.69) is 15.3 Å². The van der Waals surface area contributed by atoms with E-state index in [4.69, 9.17) is 9.47 Å². The highest BCUT2D eigenvalue weighted by Crippen LogP contribution is 2.33. The summed E-state index contributed by atoms with van der Waals surface area (Å²) in [6.07, 6.45) is 1.21. The zero-order chi connectivity index (χ0) is 15.1. The maximum atomic E-state index is 11.2. The smallest absolute Gasteiger partial charge is 0.373 e. The first kappa shape index (κ1) is 14.7. The zero-order valence-corrected chi connectivity index (χ0v) is 11.4. The molecule has 2 rings (SSSR count). The lowest BCUT2D eigenvalue weighted by atomic mass is 10.3. The molecule has 2 aromatic rings. The van der Waals surface area contributed by atoms with Crippen molar-refractivity contribution in [3.63, 3.8) is 0 Å². The second kappa shape index (κ2) is 7.15. The predicted octanol–water partition coefficient (Wildman–Crippen LogP) is 2.24. The molecule has 0 saturated carbocycles. The average molecular weight is 290 g/mol. The fourth-order valence-corrected chi connectivity index (χ4v) is 1.60. The van der Waals surface area contributed by atoms with Gasteiger partial charge in [0.1, 0.15) is 12.1 Å². The SMILES string of the molecule is COCCNc1ncnc(Oc2ccccc2)c1[N+](=O)[O-]. The molecule has 1 aromatic heterocycles. The molecule has 0 aliphatic rings. The van der Waals surface area contributed by atoms with Gasteiger partial charge in [0.15, 0.2) is 0 Å². The quantitative estimate of drug-likeness (QED) is 0.474. The molecule has 0 amide bonds. The van der Waals surface area contributed by atoms with Crippen molar-refractivity contribution >= 4 is 11.5 Å². The Morgan fingerprint density at radius 1 is 1.29 bits per heavy atom. The van der Waals surface area contributed by atoms with Crippen LogP contribution in [0.2, 0.25) is 0 Å². The van der Waals surface area contributed by atoms with Gasteiger partial charge in [-0.25, -0.2) is 4.98 Å². The third kappa shape index (κ3) is 3.86. The predicted molar refractivity (Wildman–Crippen MR) is 75.6 cm³/mol. The number of methoxy groups -OCH3 is 1. The second-order valence-electron chi connectivity index (χ2n) is 3.97. The van der Waals surface area contributed by atoms with E-state index >= 15 is 0 Å². The molecule has 0 aliphatic heterocycles. The van der Waals surface area contributed by atoms with Gasteiger partial charge in [0.05, 0.1) is 11.5 Å². The summed E-state index contributed by atoms with van der Waals surface area (Å²) in [5.41, 5.74) is -0.308. The lowest BCUT2D eigenvalue weighted by Crippen LogP contribution is -2.11. The van der Waals surface area contributed by atoms with E-state index in [-0.39, 0.29) is 17.4 Å². The number of nitrogens with one attached hydrogen (secondary N) is 1. The minimum atomic E-state index is -0.576. The van der Waals surface area contributed by atoms with Crippen molar-refractivity contribution in [1.82, 2.24) is 9.97 Å². The lowest BCUT2D eigenvalue weighted by Gasteiger charge is -2.08. The molecule has 1 aromatic carbocycles. The fraction of sp³-hybridized carbons (Fsp3) is 0.231. The van der Waals surface area contributed by atoms with Crippen LogP contribution in [0, 0.1) is 10.1 Å². The number of anilines is 1. The van der Waals surface area contributed by atoms with E-state index in [1.165, 1.54) is 6.33 Å². The number of nitrogens with zero attached hydrogens (tertiary/aromatic N) is 3. The fourth-order valence-electron chi connectivity index (χ4n) is 1.60. The summed E-state index contributed by atoms with van der Waals surface area (Å²) in [6, 6.07) is 8.72. The number of rotatable bonds is 7. The molecule has 0 unspecified atom stereocenters. The van der Waals surface area contributed by atoms with Crippen molar-refractivity contribution in [2.24, 2.45) is 0 Å². The first-order valence-corrected chi connectivity index (χ1v) is 6.17. The molecule has 110 valence electrons. The van der Waals surface area contributed by atoms with Crippen LogP contribution in [0.25, 0.3) is 0 Å². The lowest BCUT2D eigenvalue weighted by molar-refractivity contribution is -0.385. The van der Waals surface area contributed by atoms with Gasteiger partial charge in [-0.15, -0.1) is 0 Å². The Morgan fingerprint density at radius 3 is 2.71 bits per heavy atom. The van der Waals surface area contributed by atoms with Crippen LogP contribution >= 0.6 is 0 Å². The molecule has 0 radical (unpaired) electrons. The van der Waals surface area contributed by atoms with Crippen LogP contribution in [-0.4, -0.2) is 35.2 Å². The number of nitro groups is 1. The number of hydrogen-bond donors (Lipinski definition) is 1. The molecule has 0 aliphatic carbocycles. The minimum absolute atomic E-state index is 0.0954. The highest BCUT2D eigenvalue weighted by atomic mass is 16.6. The third-order valence-electron chi connectivity index (χ3n) is 2.53. The van der Waals surface area contributed by atoms with E-state index in [1.54, 1.807) is 31.4 Å². The Kier molecular flexibility index (Phi) is 4.99. The van der Waals surface area contributed by atoms with Crippen molar-refractivity contribution in [1.29, 1.82) is 0 Å². The summed E-state index contributed by atoms with van der Waals surface area (Å²) in [5, 5.41) is 14.1. The number of ether oxygens (including phenoxy) is 2. The van der Waals surface area contributed by atoms with Crippen LogP contribution in [-0.2, 0) is 4.74 Å². The van der Waals surface area contributed by atoms with E-state index in [0.717, 1.165) is 0 Å². The number of para-hydroxylation sites is 1. The van der Waals surface area contributed by atoms with Gasteiger partial charge in [-0.1, -0.05) is 18.2 Å². The molecule has 8 nitrogen and oxygen atoms in total. The van der Waals surface area contributed by atoms with Crippen LogP contribution in [0.4, 0.5) is 11.5 Å². The first-order valence-electron chi connectivity index (χ1n) is 6.17. The summed E-state index contributed by atoms with van der Waals surface area (Å²) in [5.74, 6) is 0.446. The normalized spacial score (nSPS) is 10.1. The maximum absolute atomic E-state index is 11.2. The molecule has 0 bridgehead atoms. The number of hydrogen-bond acceptors (Lipinski definition) is 7. The minimum Gasteiger partial charge on any atom is -0.434 e. The number of benzene rings is 1. The molecular formula is C13H14N4O4. The van der Waals surface area contributed by atoms with Crippen molar-refractivity contribution in [2.75, 3.05) is 25.6 Å². The second-order valence-corrected chi connectivity index (χ2v) is 3.97. The van der Waals surface area contributed by atoms with Gasteiger partial charge in [0.25, 0.3) is 0 Å². The Morgan fingerprint density at radius 2 is 2.05 bits per heavy atom. The van der Waals surface area contributed by atoms with Crippen molar-refractivity contribution < 1.29 is 14.4 Å². The summed E-state index contributed by atoms with van der Waals surface area (Å²) in [4.78, 5) is 18.4. The van der Waals surface area contributed by atoms with E-state index in [9.17, 15) is 10.1 Å².